The van der Waals surface area contributed by atoms with Crippen LogP contribution in [0.3, 0.4) is 0 Å². The van der Waals surface area contributed by atoms with Crippen molar-refractivity contribution in [3.05, 3.63) is 57.6 Å². The number of sulfonamides is 1. The molecule has 0 spiro atoms. The predicted molar refractivity (Wildman–Crippen MR) is 114 cm³/mol. The van der Waals surface area contributed by atoms with E-state index in [0.717, 1.165) is 12.0 Å². The molecule has 1 heterocycles. The van der Waals surface area contributed by atoms with Gasteiger partial charge >= 0.3 is 5.97 Å². The number of hydrogen-bond donors (Lipinski definition) is 1. The second-order valence-electron chi connectivity index (χ2n) is 6.76. The SMILES string of the molecule is COC(=O)CCCCNC1c2ccccc2N(C)S(=O)(=O)c2cc(Cl)c(Cl)cc21. The number of fused-ring (bicyclic) bond motifs is 2. The zero-order valence-corrected chi connectivity index (χ0v) is 18.4. The molecule has 0 radical (unpaired) electrons. The summed E-state index contributed by atoms with van der Waals surface area (Å²) in [5.41, 5.74) is 1.95. The van der Waals surface area contributed by atoms with Crippen molar-refractivity contribution in [3.8, 4) is 0 Å². The molecule has 1 N–H and O–H groups in total. The van der Waals surface area contributed by atoms with Crippen LogP contribution in [0.5, 0.6) is 0 Å². The minimum atomic E-state index is -3.80. The van der Waals surface area contributed by atoms with Crippen LogP contribution in [0.15, 0.2) is 41.3 Å². The van der Waals surface area contributed by atoms with E-state index < -0.39 is 16.1 Å². The Hall–Kier alpha value is -1.80. The van der Waals surface area contributed by atoms with E-state index in [2.05, 4.69) is 10.1 Å². The van der Waals surface area contributed by atoms with E-state index in [0.29, 0.717) is 35.7 Å². The molecule has 9 heteroatoms. The van der Waals surface area contributed by atoms with Gasteiger partial charge in [0, 0.05) is 13.5 Å². The van der Waals surface area contributed by atoms with Gasteiger partial charge in [-0.3, -0.25) is 9.10 Å². The van der Waals surface area contributed by atoms with Gasteiger partial charge in [0.2, 0.25) is 0 Å². The lowest BCUT2D eigenvalue weighted by atomic mass is 9.96. The van der Waals surface area contributed by atoms with Crippen LogP contribution in [0, 0.1) is 0 Å². The third-order valence-corrected chi connectivity index (χ3v) is 7.52. The van der Waals surface area contributed by atoms with Crippen molar-refractivity contribution in [2.45, 2.75) is 30.2 Å². The number of nitrogens with one attached hydrogen (secondary N) is 1. The van der Waals surface area contributed by atoms with Crippen molar-refractivity contribution in [3.63, 3.8) is 0 Å². The van der Waals surface area contributed by atoms with Crippen LogP contribution in [-0.4, -0.2) is 35.1 Å². The summed E-state index contributed by atoms with van der Waals surface area (Å²) in [5, 5.41) is 3.90. The summed E-state index contributed by atoms with van der Waals surface area (Å²) in [5.74, 6) is -0.246. The van der Waals surface area contributed by atoms with Crippen LogP contribution in [0.4, 0.5) is 5.69 Å². The van der Waals surface area contributed by atoms with E-state index in [1.165, 1.54) is 24.5 Å². The fourth-order valence-electron chi connectivity index (χ4n) is 3.42. The van der Waals surface area contributed by atoms with Gasteiger partial charge < -0.3 is 10.1 Å². The van der Waals surface area contributed by atoms with E-state index in [1.807, 2.05) is 12.1 Å². The fourth-order valence-corrected chi connectivity index (χ4v) is 5.28. The lowest BCUT2D eigenvalue weighted by Gasteiger charge is -2.22. The Bertz CT molecular complexity index is 1030. The molecular formula is C20H22Cl2N2O4S. The van der Waals surface area contributed by atoms with Crippen LogP contribution in [0.1, 0.15) is 36.4 Å². The van der Waals surface area contributed by atoms with Gasteiger partial charge in [-0.25, -0.2) is 8.42 Å². The lowest BCUT2D eigenvalue weighted by molar-refractivity contribution is -0.140. The summed E-state index contributed by atoms with van der Waals surface area (Å²) in [6, 6.07) is 9.96. The first kappa shape index (κ1) is 21.9. The van der Waals surface area contributed by atoms with Gasteiger partial charge in [0.1, 0.15) is 0 Å². The molecule has 0 aromatic heterocycles. The summed E-state index contributed by atoms with van der Waals surface area (Å²) in [6.45, 7) is 0.583. The zero-order chi connectivity index (χ0) is 21.2. The Balaban J connectivity index is 2.00. The highest BCUT2D eigenvalue weighted by atomic mass is 35.5. The Morgan fingerprint density at radius 1 is 1.14 bits per heavy atom. The minimum Gasteiger partial charge on any atom is -0.469 e. The van der Waals surface area contributed by atoms with E-state index in [-0.39, 0.29) is 15.9 Å². The molecule has 1 unspecified atom stereocenters. The highest BCUT2D eigenvalue weighted by molar-refractivity contribution is 7.92. The maximum Gasteiger partial charge on any atom is 0.305 e. The third-order valence-electron chi connectivity index (χ3n) is 4.97. The van der Waals surface area contributed by atoms with E-state index in [1.54, 1.807) is 18.2 Å². The molecule has 156 valence electrons. The van der Waals surface area contributed by atoms with Gasteiger partial charge in [-0.05, 0) is 48.7 Å². The summed E-state index contributed by atoms with van der Waals surface area (Å²) in [6.07, 6.45) is 1.74. The van der Waals surface area contributed by atoms with Gasteiger partial charge in [-0.15, -0.1) is 0 Å². The smallest absolute Gasteiger partial charge is 0.305 e. The summed E-state index contributed by atoms with van der Waals surface area (Å²) >= 11 is 12.4. The summed E-state index contributed by atoms with van der Waals surface area (Å²) in [4.78, 5) is 11.4. The molecule has 0 saturated carbocycles. The normalized spacial score (nSPS) is 17.2. The maximum atomic E-state index is 13.2. The van der Waals surface area contributed by atoms with Gasteiger partial charge in [0.05, 0.1) is 33.8 Å². The molecule has 29 heavy (non-hydrogen) atoms. The quantitative estimate of drug-likeness (QED) is 0.521. The zero-order valence-electron chi connectivity index (χ0n) is 16.1. The third kappa shape index (κ3) is 4.38. The molecule has 1 atom stereocenters. The van der Waals surface area contributed by atoms with Crippen LogP contribution in [0.2, 0.25) is 10.0 Å². The van der Waals surface area contributed by atoms with Crippen molar-refractivity contribution in [2.75, 3.05) is 25.0 Å². The fraction of sp³-hybridized carbons (Fsp3) is 0.350. The number of carbonyl (C=O) groups excluding carboxylic acids is 1. The molecule has 0 aliphatic carbocycles. The molecular weight excluding hydrogens is 435 g/mol. The highest BCUT2D eigenvalue weighted by Crippen LogP contribution is 2.42. The highest BCUT2D eigenvalue weighted by Gasteiger charge is 2.35. The van der Waals surface area contributed by atoms with E-state index >= 15 is 0 Å². The largest absolute Gasteiger partial charge is 0.469 e. The second kappa shape index (κ2) is 8.92. The molecule has 0 saturated heterocycles. The van der Waals surface area contributed by atoms with Gasteiger partial charge in [0.15, 0.2) is 0 Å². The van der Waals surface area contributed by atoms with E-state index in [4.69, 9.17) is 23.2 Å². The molecule has 6 nitrogen and oxygen atoms in total. The molecule has 0 bridgehead atoms. The molecule has 1 aliphatic heterocycles. The first-order valence-corrected chi connectivity index (χ1v) is 11.3. The molecule has 3 rings (SSSR count). The van der Waals surface area contributed by atoms with Crippen LogP contribution in [0.25, 0.3) is 0 Å². The average Bonchev–Trinajstić information content (AvgIpc) is 2.77. The number of nitrogens with zero attached hydrogens (tertiary/aromatic N) is 1. The molecule has 2 aromatic rings. The van der Waals surface area contributed by atoms with Crippen molar-refractivity contribution < 1.29 is 17.9 Å². The number of methoxy groups -OCH3 is 1. The minimum absolute atomic E-state index is 0.123. The Morgan fingerprint density at radius 3 is 2.55 bits per heavy atom. The number of ether oxygens (including phenoxy) is 1. The summed E-state index contributed by atoms with van der Waals surface area (Å²) < 4.78 is 32.4. The Labute approximate surface area is 180 Å². The number of anilines is 1. The van der Waals surface area contributed by atoms with Gasteiger partial charge in [-0.2, -0.15) is 0 Å². The van der Waals surface area contributed by atoms with Gasteiger partial charge in [0.25, 0.3) is 10.0 Å². The van der Waals surface area contributed by atoms with Crippen molar-refractivity contribution in [1.82, 2.24) is 5.32 Å². The number of carbonyl (C=O) groups is 1. The summed E-state index contributed by atoms with van der Waals surface area (Å²) in [7, 11) is -0.910. The number of hydrogen-bond acceptors (Lipinski definition) is 5. The van der Waals surface area contributed by atoms with Crippen molar-refractivity contribution in [2.24, 2.45) is 0 Å². The van der Waals surface area contributed by atoms with Crippen LogP contribution < -0.4 is 9.62 Å². The number of rotatable bonds is 6. The molecule has 0 fully saturated rings. The Morgan fingerprint density at radius 2 is 1.83 bits per heavy atom. The number of para-hydroxylation sites is 1. The average molecular weight is 457 g/mol. The standard InChI is InChI=1S/C20H22Cl2N2O4S/c1-24-17-8-4-3-7-13(17)20(23-10-6-5-9-19(25)28-2)14-11-15(21)16(22)12-18(14)29(24,26)27/h3-4,7-8,11-12,20,23H,5-6,9-10H2,1-2H3. The molecule has 0 amide bonds. The first-order valence-electron chi connectivity index (χ1n) is 9.14. The van der Waals surface area contributed by atoms with Crippen molar-refractivity contribution in [1.29, 1.82) is 0 Å². The lowest BCUT2D eigenvalue weighted by Crippen LogP contribution is -2.26. The van der Waals surface area contributed by atoms with Gasteiger partial charge in [-0.1, -0.05) is 41.4 Å². The Kier molecular flexibility index (Phi) is 6.73. The van der Waals surface area contributed by atoms with Crippen LogP contribution >= 0.6 is 23.2 Å². The molecule has 1 aliphatic rings. The first-order chi connectivity index (χ1) is 13.8. The predicted octanol–water partition coefficient (Wildman–Crippen LogP) is 4.15. The number of halogens is 2. The second-order valence-corrected chi connectivity index (χ2v) is 9.51. The number of esters is 1. The van der Waals surface area contributed by atoms with Crippen molar-refractivity contribution >= 4 is 44.9 Å². The monoisotopic (exact) mass is 456 g/mol. The molecule has 2 aromatic carbocycles. The topological polar surface area (TPSA) is 75.7 Å². The number of benzene rings is 2. The van der Waals surface area contributed by atoms with Crippen LogP contribution in [-0.2, 0) is 19.6 Å². The number of unbranched alkanes of at least 4 members (excludes halogenated alkanes) is 1. The maximum absolute atomic E-state index is 13.2. The van der Waals surface area contributed by atoms with E-state index in [9.17, 15) is 13.2 Å².